The van der Waals surface area contributed by atoms with E-state index in [1.807, 2.05) is 6.08 Å². The Morgan fingerprint density at radius 1 is 1.38 bits per heavy atom. The van der Waals surface area contributed by atoms with Crippen molar-refractivity contribution in [2.75, 3.05) is 13.9 Å². The Balaban J connectivity index is 1.85. The molecule has 1 saturated heterocycles. The molecule has 3 atom stereocenters. The summed E-state index contributed by atoms with van der Waals surface area (Å²) in [5, 5.41) is 0.281. The van der Waals surface area contributed by atoms with Gasteiger partial charge in [0.25, 0.3) is 0 Å². The minimum absolute atomic E-state index is 0.0938. The SMILES string of the molecule is COCOc1ccc(C2=CC3CCCC(C2)S3=O)c(F)c1. The van der Waals surface area contributed by atoms with Crippen LogP contribution >= 0.6 is 0 Å². The molecule has 3 unspecified atom stereocenters. The zero-order valence-electron chi connectivity index (χ0n) is 12.0. The van der Waals surface area contributed by atoms with Crippen molar-refractivity contribution in [1.82, 2.24) is 0 Å². The van der Waals surface area contributed by atoms with Crippen LogP contribution in [0.5, 0.6) is 5.75 Å². The number of halogens is 1. The largest absolute Gasteiger partial charge is 0.467 e. The van der Waals surface area contributed by atoms with Crippen LogP contribution in [0.1, 0.15) is 31.2 Å². The molecule has 0 aliphatic carbocycles. The summed E-state index contributed by atoms with van der Waals surface area (Å²) in [5.41, 5.74) is 1.59. The fraction of sp³-hybridized carbons (Fsp3) is 0.500. The van der Waals surface area contributed by atoms with Crippen molar-refractivity contribution in [3.8, 4) is 5.75 Å². The summed E-state index contributed by atoms with van der Waals surface area (Å²) in [6.07, 6.45) is 5.77. The molecular formula is C16H19FO3S. The Bertz CT molecular complexity index is 585. The summed E-state index contributed by atoms with van der Waals surface area (Å²) < 4.78 is 36.5. The maximum absolute atomic E-state index is 14.3. The highest BCUT2D eigenvalue weighted by atomic mass is 32.2. The van der Waals surface area contributed by atoms with Crippen LogP contribution in [0.25, 0.3) is 5.57 Å². The molecule has 0 aromatic heterocycles. The number of ether oxygens (including phenoxy) is 2. The van der Waals surface area contributed by atoms with E-state index in [0.29, 0.717) is 17.7 Å². The first kappa shape index (κ1) is 14.7. The molecule has 0 radical (unpaired) electrons. The third-order valence-electron chi connectivity index (χ3n) is 4.11. The van der Waals surface area contributed by atoms with Gasteiger partial charge in [0.05, 0.1) is 5.25 Å². The van der Waals surface area contributed by atoms with Crippen molar-refractivity contribution in [1.29, 1.82) is 0 Å². The lowest BCUT2D eigenvalue weighted by Gasteiger charge is -2.33. The fourth-order valence-corrected chi connectivity index (χ4v) is 5.01. The van der Waals surface area contributed by atoms with Gasteiger partial charge in [-0.1, -0.05) is 12.5 Å². The average Bonchev–Trinajstić information content (AvgIpc) is 2.45. The standard InChI is InChI=1S/C16H19FO3S/c1-19-10-20-12-5-6-15(16(17)9-12)11-7-13-3-2-4-14(8-11)21(13)18/h5-7,9,13-14H,2-4,8,10H2,1H3. The summed E-state index contributed by atoms with van der Waals surface area (Å²) in [7, 11) is 0.738. The lowest BCUT2D eigenvalue weighted by Crippen LogP contribution is -2.33. The van der Waals surface area contributed by atoms with E-state index in [4.69, 9.17) is 9.47 Å². The number of fused-ring (bicyclic) bond motifs is 2. The van der Waals surface area contributed by atoms with Crippen molar-refractivity contribution in [3.05, 3.63) is 35.7 Å². The molecule has 0 amide bonds. The molecular weight excluding hydrogens is 291 g/mol. The van der Waals surface area contributed by atoms with Gasteiger partial charge in [0, 0.05) is 34.8 Å². The van der Waals surface area contributed by atoms with Gasteiger partial charge < -0.3 is 9.47 Å². The predicted molar refractivity (Wildman–Crippen MR) is 81.1 cm³/mol. The molecule has 21 heavy (non-hydrogen) atoms. The van der Waals surface area contributed by atoms with Crippen LogP contribution in [0.3, 0.4) is 0 Å². The molecule has 1 fully saturated rings. The van der Waals surface area contributed by atoms with Crippen LogP contribution in [-0.4, -0.2) is 28.6 Å². The molecule has 0 spiro atoms. The zero-order valence-corrected chi connectivity index (χ0v) is 12.8. The Morgan fingerprint density at radius 2 is 2.24 bits per heavy atom. The predicted octanol–water partition coefficient (Wildman–Crippen LogP) is 3.27. The normalized spacial score (nSPS) is 28.1. The second-order valence-corrected chi connectivity index (χ2v) is 7.44. The van der Waals surface area contributed by atoms with Crippen LogP contribution in [0.4, 0.5) is 4.39 Å². The van der Waals surface area contributed by atoms with Crippen molar-refractivity contribution in [2.45, 2.75) is 36.2 Å². The number of hydrogen-bond donors (Lipinski definition) is 0. The molecule has 1 aromatic rings. The quantitative estimate of drug-likeness (QED) is 0.801. The Hall–Kier alpha value is -1.20. The second kappa shape index (κ2) is 6.28. The number of benzene rings is 1. The third-order valence-corrected chi connectivity index (χ3v) is 6.13. The smallest absolute Gasteiger partial charge is 0.188 e. The number of rotatable bonds is 4. The van der Waals surface area contributed by atoms with Crippen LogP contribution in [0.15, 0.2) is 24.3 Å². The molecule has 0 N–H and O–H groups in total. The van der Waals surface area contributed by atoms with E-state index < -0.39 is 10.8 Å². The van der Waals surface area contributed by atoms with Gasteiger partial charge in [0.15, 0.2) is 6.79 Å². The van der Waals surface area contributed by atoms with Gasteiger partial charge >= 0.3 is 0 Å². The summed E-state index contributed by atoms with van der Waals surface area (Å²) >= 11 is 0. The Labute approximate surface area is 126 Å². The fourth-order valence-electron chi connectivity index (χ4n) is 3.07. The Kier molecular flexibility index (Phi) is 4.40. The Morgan fingerprint density at radius 3 is 2.95 bits per heavy atom. The minimum Gasteiger partial charge on any atom is -0.467 e. The highest BCUT2D eigenvalue weighted by Gasteiger charge is 2.34. The van der Waals surface area contributed by atoms with Crippen LogP contribution < -0.4 is 4.74 Å². The van der Waals surface area contributed by atoms with E-state index in [2.05, 4.69) is 0 Å². The van der Waals surface area contributed by atoms with E-state index in [0.717, 1.165) is 24.8 Å². The molecule has 2 aliphatic rings. The van der Waals surface area contributed by atoms with Gasteiger partial charge in [-0.25, -0.2) is 4.39 Å². The van der Waals surface area contributed by atoms with Crippen LogP contribution in [0.2, 0.25) is 0 Å². The molecule has 3 nitrogen and oxygen atoms in total. The summed E-state index contributed by atoms with van der Waals surface area (Å²) in [4.78, 5) is 0. The lowest BCUT2D eigenvalue weighted by molar-refractivity contribution is 0.0509. The van der Waals surface area contributed by atoms with Gasteiger partial charge in [-0.2, -0.15) is 0 Å². The first-order valence-corrected chi connectivity index (χ1v) is 8.48. The number of allylic oxidation sites excluding steroid dienone is 1. The van der Waals surface area contributed by atoms with Crippen molar-refractivity contribution in [2.24, 2.45) is 0 Å². The maximum Gasteiger partial charge on any atom is 0.188 e. The summed E-state index contributed by atoms with van der Waals surface area (Å²) in [5.74, 6) is 0.166. The zero-order chi connectivity index (χ0) is 14.8. The summed E-state index contributed by atoms with van der Waals surface area (Å²) in [6.45, 7) is 0.102. The van der Waals surface area contributed by atoms with E-state index in [9.17, 15) is 8.60 Å². The van der Waals surface area contributed by atoms with Gasteiger partial charge in [-0.3, -0.25) is 4.21 Å². The summed E-state index contributed by atoms with van der Waals surface area (Å²) in [6, 6.07) is 4.88. The molecule has 3 rings (SSSR count). The van der Waals surface area contributed by atoms with Crippen LogP contribution in [0, 0.1) is 5.82 Å². The van der Waals surface area contributed by atoms with Gasteiger partial charge in [0.2, 0.25) is 0 Å². The maximum atomic E-state index is 14.3. The first-order chi connectivity index (χ1) is 10.2. The lowest BCUT2D eigenvalue weighted by atomic mass is 9.93. The van der Waals surface area contributed by atoms with Gasteiger partial charge in [0.1, 0.15) is 11.6 Å². The minimum atomic E-state index is -0.786. The third kappa shape index (κ3) is 3.04. The number of hydrogen-bond acceptors (Lipinski definition) is 3. The second-order valence-electron chi connectivity index (χ2n) is 5.51. The first-order valence-electron chi connectivity index (χ1n) is 7.21. The molecule has 114 valence electrons. The molecule has 2 aliphatic heterocycles. The van der Waals surface area contributed by atoms with Crippen molar-refractivity contribution < 1.29 is 18.1 Å². The number of methoxy groups -OCH3 is 1. The highest BCUT2D eigenvalue weighted by Crippen LogP contribution is 2.38. The van der Waals surface area contributed by atoms with E-state index in [-0.39, 0.29) is 23.1 Å². The molecule has 2 heterocycles. The molecule has 5 heteroatoms. The van der Waals surface area contributed by atoms with Gasteiger partial charge in [-0.15, -0.1) is 0 Å². The van der Waals surface area contributed by atoms with Crippen molar-refractivity contribution in [3.63, 3.8) is 0 Å². The van der Waals surface area contributed by atoms with Gasteiger partial charge in [-0.05, 0) is 37.0 Å². The van der Waals surface area contributed by atoms with Crippen molar-refractivity contribution >= 4 is 16.4 Å². The monoisotopic (exact) mass is 310 g/mol. The van der Waals surface area contributed by atoms with Crippen LogP contribution in [-0.2, 0) is 15.5 Å². The topological polar surface area (TPSA) is 35.5 Å². The molecule has 2 bridgehead atoms. The molecule has 0 saturated carbocycles. The highest BCUT2D eigenvalue weighted by molar-refractivity contribution is 7.86. The average molecular weight is 310 g/mol. The van der Waals surface area contributed by atoms with E-state index in [1.165, 1.54) is 13.2 Å². The molecule has 1 aromatic carbocycles. The van der Waals surface area contributed by atoms with E-state index >= 15 is 0 Å². The van der Waals surface area contributed by atoms with E-state index in [1.54, 1.807) is 12.1 Å².